The van der Waals surface area contributed by atoms with Gasteiger partial charge >= 0.3 is 0 Å². The van der Waals surface area contributed by atoms with Crippen LogP contribution in [0.2, 0.25) is 0 Å². The second kappa shape index (κ2) is 7.67. The van der Waals surface area contributed by atoms with Crippen LogP contribution in [0.15, 0.2) is 42.5 Å². The largest absolute Gasteiger partial charge is 0.341 e. The molecule has 3 fully saturated rings. The Balaban J connectivity index is 1.29. The first-order chi connectivity index (χ1) is 14.8. The fourth-order valence-electron chi connectivity index (χ4n) is 4.61. The molecule has 0 bridgehead atoms. The van der Waals surface area contributed by atoms with E-state index in [1.54, 1.807) is 17.0 Å². The van der Waals surface area contributed by atoms with E-state index in [-0.39, 0.29) is 34.6 Å². The summed E-state index contributed by atoms with van der Waals surface area (Å²) in [5.41, 5.74) is 1.19. The van der Waals surface area contributed by atoms with Gasteiger partial charge in [-0.15, -0.1) is 0 Å². The van der Waals surface area contributed by atoms with Crippen LogP contribution in [0.5, 0.6) is 0 Å². The van der Waals surface area contributed by atoms with Crippen LogP contribution in [-0.2, 0) is 14.8 Å². The summed E-state index contributed by atoms with van der Waals surface area (Å²) in [6.45, 7) is 0.890. The van der Waals surface area contributed by atoms with Gasteiger partial charge in [-0.25, -0.2) is 21.9 Å². The number of hydrogen-bond donors (Lipinski definition) is 1. The number of likely N-dealkylation sites (tertiary alicyclic amines) is 1. The van der Waals surface area contributed by atoms with Crippen LogP contribution in [0.3, 0.4) is 0 Å². The van der Waals surface area contributed by atoms with Crippen LogP contribution in [0.1, 0.15) is 37.2 Å². The fraction of sp³-hybridized carbons (Fsp3) is 0.435. The summed E-state index contributed by atoms with van der Waals surface area (Å²) >= 11 is 0. The zero-order chi connectivity index (χ0) is 21.8. The lowest BCUT2D eigenvalue weighted by atomic mass is 9.95. The Hall–Kier alpha value is -2.32. The lowest BCUT2D eigenvalue weighted by Gasteiger charge is -2.18. The molecule has 1 aliphatic heterocycles. The van der Waals surface area contributed by atoms with E-state index in [0.29, 0.717) is 44.3 Å². The number of halogens is 2. The molecular formula is C23H24F2N2O3S. The predicted molar refractivity (Wildman–Crippen MR) is 113 cm³/mol. The molecule has 5 rings (SSSR count). The van der Waals surface area contributed by atoms with Crippen molar-refractivity contribution < 1.29 is 22.0 Å². The second-order valence-corrected chi connectivity index (χ2v) is 10.8. The first-order valence-corrected chi connectivity index (χ1v) is 12.2. The molecule has 0 spiro atoms. The number of amides is 1. The molecule has 1 amide bonds. The highest BCUT2D eigenvalue weighted by Crippen LogP contribution is 2.51. The van der Waals surface area contributed by atoms with Gasteiger partial charge in [-0.1, -0.05) is 30.3 Å². The maximum absolute atomic E-state index is 14.4. The van der Waals surface area contributed by atoms with Crippen molar-refractivity contribution in [1.29, 1.82) is 0 Å². The van der Waals surface area contributed by atoms with Gasteiger partial charge in [0.15, 0.2) is 0 Å². The number of carbonyl (C=O) groups is 1. The number of benzene rings is 2. The topological polar surface area (TPSA) is 66.5 Å². The summed E-state index contributed by atoms with van der Waals surface area (Å²) in [5.74, 6) is -1.59. The molecule has 3 aliphatic rings. The first-order valence-electron chi connectivity index (χ1n) is 10.7. The minimum absolute atomic E-state index is 0.0121. The maximum Gasteiger partial charge on any atom is 0.226 e. The Morgan fingerprint density at radius 1 is 1.00 bits per heavy atom. The van der Waals surface area contributed by atoms with E-state index >= 15 is 0 Å². The van der Waals surface area contributed by atoms with Crippen molar-refractivity contribution in [2.24, 2.45) is 5.92 Å². The zero-order valence-electron chi connectivity index (χ0n) is 16.9. The molecule has 2 aliphatic carbocycles. The van der Waals surface area contributed by atoms with Gasteiger partial charge in [0.1, 0.15) is 11.6 Å². The van der Waals surface area contributed by atoms with Gasteiger partial charge in [-0.2, -0.15) is 0 Å². The van der Waals surface area contributed by atoms with E-state index < -0.39 is 21.7 Å². The van der Waals surface area contributed by atoms with Crippen LogP contribution in [0.4, 0.5) is 8.78 Å². The van der Waals surface area contributed by atoms with Crippen molar-refractivity contribution in [3.8, 4) is 11.1 Å². The Morgan fingerprint density at radius 2 is 1.71 bits per heavy atom. The number of nitrogens with one attached hydrogen (secondary N) is 1. The van der Waals surface area contributed by atoms with Crippen molar-refractivity contribution in [3.05, 3.63) is 59.7 Å². The van der Waals surface area contributed by atoms with Crippen molar-refractivity contribution in [3.63, 3.8) is 0 Å². The molecule has 3 atom stereocenters. The molecule has 2 aromatic rings. The standard InChI is InChI=1S/C23H24F2N2O3S/c24-20-6-3-7-21(25)22(20)17-5-2-1-4-16(17)18-12-19(18)23(28)27-11-10-14(13-27)26-31(29,30)15-8-9-15/h1-7,14-15,18-19,26H,8-13H2/t14-,18-,19+/m0/s1. The molecule has 0 aromatic heterocycles. The van der Waals surface area contributed by atoms with E-state index in [1.165, 1.54) is 18.2 Å². The van der Waals surface area contributed by atoms with Crippen LogP contribution in [-0.4, -0.2) is 43.6 Å². The van der Waals surface area contributed by atoms with Crippen molar-refractivity contribution >= 4 is 15.9 Å². The molecule has 1 heterocycles. The van der Waals surface area contributed by atoms with E-state index in [9.17, 15) is 22.0 Å². The summed E-state index contributed by atoms with van der Waals surface area (Å²) in [7, 11) is -3.28. The highest BCUT2D eigenvalue weighted by Gasteiger charge is 2.48. The summed E-state index contributed by atoms with van der Waals surface area (Å²) in [6.07, 6.45) is 2.64. The monoisotopic (exact) mass is 446 g/mol. The average molecular weight is 447 g/mol. The maximum atomic E-state index is 14.4. The molecule has 0 unspecified atom stereocenters. The van der Waals surface area contributed by atoms with Crippen LogP contribution < -0.4 is 4.72 Å². The average Bonchev–Trinajstić information content (AvgIpc) is 3.65. The highest BCUT2D eigenvalue weighted by atomic mass is 32.2. The van der Waals surface area contributed by atoms with Crippen molar-refractivity contribution in [2.45, 2.75) is 42.9 Å². The first kappa shape index (κ1) is 20.6. The molecule has 1 saturated heterocycles. The molecule has 1 N–H and O–H groups in total. The van der Waals surface area contributed by atoms with Crippen LogP contribution in [0, 0.1) is 17.6 Å². The minimum atomic E-state index is -3.28. The smallest absolute Gasteiger partial charge is 0.226 e. The van der Waals surface area contributed by atoms with E-state index in [0.717, 1.165) is 5.56 Å². The zero-order valence-corrected chi connectivity index (χ0v) is 17.7. The number of sulfonamides is 1. The van der Waals surface area contributed by atoms with E-state index in [2.05, 4.69) is 4.72 Å². The third kappa shape index (κ3) is 3.99. The predicted octanol–water partition coefficient (Wildman–Crippen LogP) is 3.42. The summed E-state index contributed by atoms with van der Waals surface area (Å²) in [4.78, 5) is 14.8. The third-order valence-electron chi connectivity index (χ3n) is 6.49. The van der Waals surface area contributed by atoms with Crippen LogP contribution in [0.25, 0.3) is 11.1 Å². The van der Waals surface area contributed by atoms with Gasteiger partial charge in [0.2, 0.25) is 15.9 Å². The quantitative estimate of drug-likeness (QED) is 0.740. The molecule has 0 radical (unpaired) electrons. The van der Waals surface area contributed by atoms with Gasteiger partial charge < -0.3 is 4.90 Å². The number of rotatable bonds is 6. The van der Waals surface area contributed by atoms with Gasteiger partial charge in [-0.3, -0.25) is 4.79 Å². The van der Waals surface area contributed by atoms with Gasteiger partial charge in [0, 0.05) is 25.0 Å². The van der Waals surface area contributed by atoms with Crippen molar-refractivity contribution in [2.75, 3.05) is 13.1 Å². The minimum Gasteiger partial charge on any atom is -0.341 e. The molecule has 5 nitrogen and oxygen atoms in total. The molecule has 2 saturated carbocycles. The molecule has 31 heavy (non-hydrogen) atoms. The number of nitrogens with zero attached hydrogens (tertiary/aromatic N) is 1. The molecule has 8 heteroatoms. The molecule has 164 valence electrons. The fourth-order valence-corrected chi connectivity index (χ4v) is 6.22. The Labute approximate surface area is 180 Å². The SMILES string of the molecule is O=C([C@@H]1C[C@H]1c1ccccc1-c1c(F)cccc1F)N1CC[C@H](NS(=O)(=O)C2CC2)C1. The summed E-state index contributed by atoms with van der Waals surface area (Å²) in [5, 5.41) is -0.277. The second-order valence-electron chi connectivity index (χ2n) is 8.76. The van der Waals surface area contributed by atoms with E-state index in [4.69, 9.17) is 0 Å². The molecule has 2 aromatic carbocycles. The van der Waals surface area contributed by atoms with Gasteiger partial charge in [0.05, 0.1) is 10.8 Å². The summed E-state index contributed by atoms with van der Waals surface area (Å²) in [6, 6.07) is 10.6. The summed E-state index contributed by atoms with van der Waals surface area (Å²) < 4.78 is 55.8. The molecular weight excluding hydrogens is 422 g/mol. The van der Waals surface area contributed by atoms with Crippen molar-refractivity contribution in [1.82, 2.24) is 9.62 Å². The lowest BCUT2D eigenvalue weighted by Crippen LogP contribution is -2.40. The Bertz CT molecular complexity index is 1110. The highest BCUT2D eigenvalue weighted by molar-refractivity contribution is 7.90. The van der Waals surface area contributed by atoms with Crippen LogP contribution >= 0.6 is 0 Å². The number of carbonyl (C=O) groups excluding carboxylic acids is 1. The Kier molecular flexibility index (Phi) is 5.09. The number of hydrogen-bond acceptors (Lipinski definition) is 3. The normalized spacial score (nSPS) is 25.6. The third-order valence-corrected chi connectivity index (χ3v) is 8.51. The van der Waals surface area contributed by atoms with E-state index in [1.807, 2.05) is 12.1 Å². The van der Waals surface area contributed by atoms with Gasteiger partial charge in [-0.05, 0) is 54.9 Å². The van der Waals surface area contributed by atoms with Gasteiger partial charge in [0.25, 0.3) is 0 Å². The lowest BCUT2D eigenvalue weighted by molar-refractivity contribution is -0.131. The Morgan fingerprint density at radius 3 is 2.42 bits per heavy atom.